The minimum atomic E-state index is -1.21. The second kappa shape index (κ2) is 6.29. The van der Waals surface area contributed by atoms with Gasteiger partial charge in [0.1, 0.15) is 5.60 Å². The van der Waals surface area contributed by atoms with Crippen molar-refractivity contribution in [2.45, 2.75) is 26.4 Å². The van der Waals surface area contributed by atoms with Gasteiger partial charge in [-0.05, 0) is 44.5 Å². The van der Waals surface area contributed by atoms with Gasteiger partial charge in [0.25, 0.3) is 0 Å². The van der Waals surface area contributed by atoms with E-state index < -0.39 is 17.5 Å². The molecule has 1 aromatic rings. The van der Waals surface area contributed by atoms with Gasteiger partial charge in [-0.25, -0.2) is 9.59 Å². The highest BCUT2D eigenvalue weighted by Gasteiger charge is 2.15. The number of benzene rings is 1. The van der Waals surface area contributed by atoms with Gasteiger partial charge in [0.15, 0.2) is 0 Å². The highest BCUT2D eigenvalue weighted by atomic mass is 35.5. The fourth-order valence-corrected chi connectivity index (χ4v) is 2.06. The molecule has 0 atom stereocenters. The van der Waals surface area contributed by atoms with Gasteiger partial charge in [-0.1, -0.05) is 23.2 Å². The van der Waals surface area contributed by atoms with Crippen molar-refractivity contribution in [2.75, 3.05) is 0 Å². The van der Waals surface area contributed by atoms with Crippen LogP contribution in [0.3, 0.4) is 0 Å². The Balaban J connectivity index is 2.95. The Hall–Kier alpha value is -1.52. The van der Waals surface area contributed by atoms with Gasteiger partial charge in [-0.15, -0.1) is 0 Å². The number of hydrogen-bond acceptors (Lipinski definition) is 3. The highest BCUT2D eigenvalue weighted by Crippen LogP contribution is 2.27. The Bertz CT molecular complexity index is 548. The molecular weight excluding hydrogens is 303 g/mol. The molecule has 0 aliphatic heterocycles. The number of aromatic carboxylic acids is 1. The van der Waals surface area contributed by atoms with Crippen molar-refractivity contribution in [1.82, 2.24) is 0 Å². The number of ether oxygens (including phenoxy) is 1. The van der Waals surface area contributed by atoms with E-state index in [0.29, 0.717) is 5.56 Å². The van der Waals surface area contributed by atoms with Crippen LogP contribution in [0.25, 0.3) is 6.08 Å². The minimum absolute atomic E-state index is 0.00818. The lowest BCUT2D eigenvalue weighted by Crippen LogP contribution is -2.22. The Labute approximate surface area is 126 Å². The van der Waals surface area contributed by atoms with Gasteiger partial charge in [-0.3, -0.25) is 0 Å². The van der Waals surface area contributed by atoms with Gasteiger partial charge in [-0.2, -0.15) is 0 Å². The zero-order valence-electron chi connectivity index (χ0n) is 11.2. The molecule has 6 heteroatoms. The van der Waals surface area contributed by atoms with Crippen LogP contribution < -0.4 is 0 Å². The van der Waals surface area contributed by atoms with E-state index in [1.807, 2.05) is 0 Å². The van der Waals surface area contributed by atoms with E-state index in [1.165, 1.54) is 24.3 Å². The third kappa shape index (κ3) is 4.87. The molecule has 0 saturated heterocycles. The average Bonchev–Trinajstić information content (AvgIpc) is 2.22. The summed E-state index contributed by atoms with van der Waals surface area (Å²) >= 11 is 11.7. The summed E-state index contributed by atoms with van der Waals surface area (Å²) in [5.74, 6) is -1.71. The van der Waals surface area contributed by atoms with Crippen LogP contribution in [0.2, 0.25) is 10.0 Å². The molecule has 0 fully saturated rings. The summed E-state index contributed by atoms with van der Waals surface area (Å²) < 4.78 is 5.10. The molecule has 1 aromatic carbocycles. The van der Waals surface area contributed by atoms with Crippen LogP contribution >= 0.6 is 23.2 Å². The summed E-state index contributed by atoms with van der Waals surface area (Å²) in [5, 5.41) is 8.94. The lowest BCUT2D eigenvalue weighted by molar-refractivity contribution is -0.148. The Morgan fingerprint density at radius 2 is 1.70 bits per heavy atom. The van der Waals surface area contributed by atoms with Gasteiger partial charge in [0.05, 0.1) is 15.6 Å². The minimum Gasteiger partial charge on any atom is -0.478 e. The van der Waals surface area contributed by atoms with Gasteiger partial charge < -0.3 is 9.84 Å². The summed E-state index contributed by atoms with van der Waals surface area (Å²) in [6.45, 7) is 5.27. The number of hydrogen-bond donors (Lipinski definition) is 1. The predicted molar refractivity (Wildman–Crippen MR) is 78.3 cm³/mol. The highest BCUT2D eigenvalue weighted by molar-refractivity contribution is 6.39. The molecule has 0 unspecified atom stereocenters. The van der Waals surface area contributed by atoms with Crippen LogP contribution in [0.4, 0.5) is 0 Å². The first-order chi connectivity index (χ1) is 9.10. The fraction of sp³-hybridized carbons (Fsp3) is 0.286. The molecule has 1 rings (SSSR count). The monoisotopic (exact) mass is 316 g/mol. The topological polar surface area (TPSA) is 63.6 Å². The quantitative estimate of drug-likeness (QED) is 0.675. The lowest BCUT2D eigenvalue weighted by atomic mass is 10.1. The van der Waals surface area contributed by atoms with Crippen molar-refractivity contribution in [1.29, 1.82) is 0 Å². The maximum Gasteiger partial charge on any atom is 0.338 e. The second-order valence-electron chi connectivity index (χ2n) is 5.03. The molecule has 20 heavy (non-hydrogen) atoms. The molecule has 0 radical (unpaired) electrons. The molecule has 0 amide bonds. The maximum absolute atomic E-state index is 11.5. The Kier molecular flexibility index (Phi) is 5.20. The molecule has 0 saturated carbocycles. The number of carboxylic acid groups (broad SMARTS) is 1. The van der Waals surface area contributed by atoms with Gasteiger partial charge >= 0.3 is 11.9 Å². The van der Waals surface area contributed by atoms with E-state index in [1.54, 1.807) is 20.8 Å². The van der Waals surface area contributed by atoms with Gasteiger partial charge in [0.2, 0.25) is 0 Å². The summed E-state index contributed by atoms with van der Waals surface area (Å²) in [5.41, 5.74) is -0.234. The number of rotatable bonds is 3. The summed E-state index contributed by atoms with van der Waals surface area (Å²) in [7, 11) is 0. The van der Waals surface area contributed by atoms with Crippen molar-refractivity contribution in [3.05, 3.63) is 39.4 Å². The molecule has 0 bridgehead atoms. The number of halogens is 2. The van der Waals surface area contributed by atoms with Crippen molar-refractivity contribution in [2.24, 2.45) is 0 Å². The van der Waals surface area contributed by atoms with Crippen molar-refractivity contribution < 1.29 is 19.4 Å². The molecule has 108 valence electrons. The molecule has 0 spiro atoms. The molecule has 1 N–H and O–H groups in total. The molecule has 4 nitrogen and oxygen atoms in total. The maximum atomic E-state index is 11.5. The molecule has 0 aliphatic rings. The van der Waals surface area contributed by atoms with Crippen molar-refractivity contribution in [3.63, 3.8) is 0 Å². The first-order valence-electron chi connectivity index (χ1n) is 5.73. The van der Waals surface area contributed by atoms with E-state index in [0.717, 1.165) is 0 Å². The summed E-state index contributed by atoms with van der Waals surface area (Å²) in [6.07, 6.45) is 2.69. The van der Waals surface area contributed by atoms with Crippen LogP contribution in [0.1, 0.15) is 36.7 Å². The SMILES string of the molecule is CC(C)(C)OC(=O)/C=C/c1cc(Cl)c(C(=O)O)c(Cl)c1. The second-order valence-corrected chi connectivity index (χ2v) is 5.85. The lowest BCUT2D eigenvalue weighted by Gasteiger charge is -2.17. The normalized spacial score (nSPS) is 11.7. The molecule has 0 aliphatic carbocycles. The zero-order chi connectivity index (χ0) is 15.5. The number of carbonyl (C=O) groups excluding carboxylic acids is 1. The van der Waals surface area contributed by atoms with Crippen LogP contribution in [0.15, 0.2) is 18.2 Å². The first-order valence-corrected chi connectivity index (χ1v) is 6.49. The van der Waals surface area contributed by atoms with E-state index >= 15 is 0 Å². The smallest absolute Gasteiger partial charge is 0.338 e. The van der Waals surface area contributed by atoms with Crippen molar-refractivity contribution in [3.8, 4) is 0 Å². The average molecular weight is 317 g/mol. The number of carboxylic acids is 1. The third-order valence-corrected chi connectivity index (χ3v) is 2.69. The van der Waals surface area contributed by atoms with E-state index in [4.69, 9.17) is 33.0 Å². The number of carbonyl (C=O) groups is 2. The van der Waals surface area contributed by atoms with Crippen LogP contribution in [-0.2, 0) is 9.53 Å². The zero-order valence-corrected chi connectivity index (χ0v) is 12.7. The Morgan fingerprint density at radius 3 is 2.10 bits per heavy atom. The van der Waals surface area contributed by atoms with E-state index in [9.17, 15) is 9.59 Å². The summed E-state index contributed by atoms with van der Waals surface area (Å²) in [4.78, 5) is 22.4. The first kappa shape index (κ1) is 16.5. The van der Waals surface area contributed by atoms with Crippen LogP contribution in [0, 0.1) is 0 Å². The standard InChI is InChI=1S/C14H14Cl2O4/c1-14(2,3)20-11(17)5-4-8-6-9(15)12(13(18)19)10(16)7-8/h4-7H,1-3H3,(H,18,19)/b5-4+. The number of esters is 1. The van der Waals surface area contributed by atoms with Crippen LogP contribution in [-0.4, -0.2) is 22.6 Å². The fourth-order valence-electron chi connectivity index (χ4n) is 1.39. The predicted octanol–water partition coefficient (Wildman–Crippen LogP) is 4.05. The largest absolute Gasteiger partial charge is 0.478 e. The van der Waals surface area contributed by atoms with E-state index in [-0.39, 0.29) is 15.6 Å². The van der Waals surface area contributed by atoms with Crippen molar-refractivity contribution >= 4 is 41.2 Å². The molecular formula is C14H14Cl2O4. The van der Waals surface area contributed by atoms with Gasteiger partial charge in [0, 0.05) is 6.08 Å². The van der Waals surface area contributed by atoms with Crippen LogP contribution in [0.5, 0.6) is 0 Å². The Morgan fingerprint density at radius 1 is 1.20 bits per heavy atom. The summed E-state index contributed by atoms with van der Waals surface area (Å²) in [6, 6.07) is 2.83. The molecule has 0 heterocycles. The third-order valence-electron chi connectivity index (χ3n) is 2.10. The molecule has 0 aromatic heterocycles. The van der Waals surface area contributed by atoms with E-state index in [2.05, 4.69) is 0 Å².